The largest absolute Gasteiger partial charge is 0.573 e. The Kier molecular flexibility index (Phi) is 5.43. The fourth-order valence-electron chi connectivity index (χ4n) is 1.87. The Morgan fingerprint density at radius 3 is 2.40 bits per heavy atom. The summed E-state index contributed by atoms with van der Waals surface area (Å²) in [6, 6.07) is 8.72. The maximum Gasteiger partial charge on any atom is 0.573 e. The number of Topliss-reactive ketones (excluding diaryl/α,β-unsaturated/α-hetero) is 1. The minimum absolute atomic E-state index is 0.196. The zero-order chi connectivity index (χ0) is 18.7. The van der Waals surface area contributed by atoms with Gasteiger partial charge in [-0.3, -0.25) is 4.79 Å². The molecule has 0 aliphatic heterocycles. The first kappa shape index (κ1) is 18.9. The lowest BCUT2D eigenvalue weighted by molar-refractivity contribution is -0.274. The summed E-state index contributed by atoms with van der Waals surface area (Å²) in [6.45, 7) is -0.758. The highest BCUT2D eigenvalue weighted by Gasteiger charge is 2.31. The van der Waals surface area contributed by atoms with Crippen LogP contribution in [0.5, 0.6) is 5.75 Å². The van der Waals surface area contributed by atoms with Gasteiger partial charge in [-0.1, -0.05) is 24.3 Å². The second kappa shape index (κ2) is 7.19. The average molecular weight is 377 g/mol. The number of ketones is 1. The van der Waals surface area contributed by atoms with Crippen molar-refractivity contribution in [2.45, 2.75) is 11.3 Å². The van der Waals surface area contributed by atoms with E-state index in [1.165, 1.54) is 18.2 Å². The molecule has 0 unspecified atom stereocenters. The Hall–Kier alpha value is -2.46. The fourth-order valence-corrected chi connectivity index (χ4v) is 2.93. The molecule has 0 aliphatic rings. The maximum atomic E-state index is 13.5. The van der Waals surface area contributed by atoms with E-state index in [4.69, 9.17) is 0 Å². The Morgan fingerprint density at radius 2 is 1.76 bits per heavy atom. The van der Waals surface area contributed by atoms with Gasteiger partial charge in [-0.2, -0.15) is 0 Å². The highest BCUT2D eigenvalue weighted by molar-refractivity contribution is 7.89. The van der Waals surface area contributed by atoms with Crippen LogP contribution >= 0.6 is 0 Å². The predicted molar refractivity (Wildman–Crippen MR) is 79.0 cm³/mol. The lowest BCUT2D eigenvalue weighted by Gasteiger charge is -2.10. The van der Waals surface area contributed by atoms with Crippen LogP contribution < -0.4 is 9.46 Å². The topological polar surface area (TPSA) is 72.5 Å². The number of carbonyl (C=O) groups is 1. The first-order valence-electron chi connectivity index (χ1n) is 6.72. The Bertz CT molecular complexity index is 881. The number of alkyl halides is 3. The summed E-state index contributed by atoms with van der Waals surface area (Å²) in [5.41, 5.74) is -0.196. The van der Waals surface area contributed by atoms with Crippen molar-refractivity contribution in [3.05, 3.63) is 59.9 Å². The number of ether oxygens (including phenoxy) is 1. The number of halogens is 4. The normalized spacial score (nSPS) is 12.0. The smallest absolute Gasteiger partial charge is 0.406 e. The van der Waals surface area contributed by atoms with Gasteiger partial charge in [0.1, 0.15) is 16.5 Å². The molecular formula is C15H11F4NO4S. The van der Waals surface area contributed by atoms with Gasteiger partial charge in [-0.05, 0) is 24.3 Å². The molecule has 0 radical (unpaired) electrons. The van der Waals surface area contributed by atoms with Crippen molar-refractivity contribution in [3.63, 3.8) is 0 Å². The molecule has 1 N–H and O–H groups in total. The highest BCUT2D eigenvalue weighted by atomic mass is 32.2. The van der Waals surface area contributed by atoms with Gasteiger partial charge in [0.05, 0.1) is 6.54 Å². The zero-order valence-electron chi connectivity index (χ0n) is 12.4. The molecule has 25 heavy (non-hydrogen) atoms. The summed E-state index contributed by atoms with van der Waals surface area (Å²) in [6.07, 6.45) is -4.92. The third kappa shape index (κ3) is 5.26. The molecule has 0 aliphatic carbocycles. The highest BCUT2D eigenvalue weighted by Crippen LogP contribution is 2.23. The van der Waals surface area contributed by atoms with Crippen LogP contribution in [0.4, 0.5) is 17.6 Å². The van der Waals surface area contributed by atoms with Crippen molar-refractivity contribution in [1.82, 2.24) is 4.72 Å². The zero-order valence-corrected chi connectivity index (χ0v) is 13.2. The minimum atomic E-state index is -4.92. The Morgan fingerprint density at radius 1 is 1.08 bits per heavy atom. The first-order valence-corrected chi connectivity index (χ1v) is 8.20. The van der Waals surface area contributed by atoms with E-state index in [1.54, 1.807) is 0 Å². The molecule has 10 heteroatoms. The number of rotatable bonds is 6. The number of hydrogen-bond acceptors (Lipinski definition) is 4. The molecule has 0 aromatic heterocycles. The van der Waals surface area contributed by atoms with Gasteiger partial charge in [0.2, 0.25) is 10.0 Å². The van der Waals surface area contributed by atoms with Gasteiger partial charge in [-0.25, -0.2) is 17.5 Å². The van der Waals surface area contributed by atoms with Crippen LogP contribution in [0, 0.1) is 5.82 Å². The molecule has 0 saturated carbocycles. The van der Waals surface area contributed by atoms with E-state index >= 15 is 0 Å². The standard InChI is InChI=1S/C15H11F4NO4S/c16-12-6-1-2-7-14(12)25(22,23)20-9-13(21)10-4-3-5-11(8-10)24-15(17,18)19/h1-8,20H,9H2. The molecule has 5 nitrogen and oxygen atoms in total. The quantitative estimate of drug-likeness (QED) is 0.621. The van der Waals surface area contributed by atoms with Crippen molar-refractivity contribution in [3.8, 4) is 5.75 Å². The lowest BCUT2D eigenvalue weighted by Crippen LogP contribution is -2.30. The number of benzene rings is 2. The van der Waals surface area contributed by atoms with Crippen LogP contribution in [0.3, 0.4) is 0 Å². The van der Waals surface area contributed by atoms with Crippen molar-refractivity contribution in [1.29, 1.82) is 0 Å². The average Bonchev–Trinajstić information content (AvgIpc) is 2.51. The van der Waals surface area contributed by atoms with Gasteiger partial charge in [0.25, 0.3) is 0 Å². The molecule has 2 rings (SSSR count). The fraction of sp³-hybridized carbons (Fsp3) is 0.133. The SMILES string of the molecule is O=C(CNS(=O)(=O)c1ccccc1F)c1cccc(OC(F)(F)F)c1. The van der Waals surface area contributed by atoms with E-state index < -0.39 is 45.2 Å². The number of nitrogens with one attached hydrogen (secondary N) is 1. The van der Waals surface area contributed by atoms with E-state index in [1.807, 2.05) is 4.72 Å². The van der Waals surface area contributed by atoms with Crippen LogP contribution in [0.1, 0.15) is 10.4 Å². The summed E-state index contributed by atoms with van der Waals surface area (Å²) >= 11 is 0. The number of carbonyl (C=O) groups excluding carboxylic acids is 1. The molecule has 0 saturated heterocycles. The second-order valence-electron chi connectivity index (χ2n) is 4.75. The molecular weight excluding hydrogens is 366 g/mol. The number of sulfonamides is 1. The van der Waals surface area contributed by atoms with Crippen molar-refractivity contribution >= 4 is 15.8 Å². The third-order valence-corrected chi connectivity index (χ3v) is 4.37. The summed E-state index contributed by atoms with van der Waals surface area (Å²) in [5.74, 6) is -2.43. The Labute approximate surface area is 140 Å². The van der Waals surface area contributed by atoms with Gasteiger partial charge < -0.3 is 4.74 Å². The van der Waals surface area contributed by atoms with Crippen molar-refractivity contribution in [2.75, 3.05) is 6.54 Å². The summed E-state index contributed by atoms with van der Waals surface area (Å²) in [4.78, 5) is 11.3. The van der Waals surface area contributed by atoms with Crippen molar-refractivity contribution in [2.24, 2.45) is 0 Å². The van der Waals surface area contributed by atoms with Gasteiger partial charge >= 0.3 is 6.36 Å². The molecule has 2 aromatic rings. The van der Waals surface area contributed by atoms with Crippen LogP contribution in [0.25, 0.3) is 0 Å². The van der Waals surface area contributed by atoms with E-state index in [0.717, 1.165) is 30.3 Å². The van der Waals surface area contributed by atoms with Crippen molar-refractivity contribution < 1.29 is 35.5 Å². The summed E-state index contributed by atoms with van der Waals surface area (Å²) in [5, 5.41) is 0. The van der Waals surface area contributed by atoms with Crippen LogP contribution in [-0.2, 0) is 10.0 Å². The summed E-state index contributed by atoms with van der Waals surface area (Å²) in [7, 11) is -4.29. The van der Waals surface area contributed by atoms with Gasteiger partial charge in [-0.15, -0.1) is 13.2 Å². The number of hydrogen-bond donors (Lipinski definition) is 1. The lowest BCUT2D eigenvalue weighted by atomic mass is 10.1. The molecule has 0 amide bonds. The van der Waals surface area contributed by atoms with Crippen LogP contribution in [0.2, 0.25) is 0 Å². The van der Waals surface area contributed by atoms with E-state index in [9.17, 15) is 30.8 Å². The van der Waals surface area contributed by atoms with Gasteiger partial charge in [0.15, 0.2) is 5.78 Å². The summed E-state index contributed by atoms with van der Waals surface area (Å²) < 4.78 is 79.5. The first-order chi connectivity index (χ1) is 11.6. The second-order valence-corrected chi connectivity index (χ2v) is 6.49. The van der Waals surface area contributed by atoms with E-state index in [-0.39, 0.29) is 5.56 Å². The minimum Gasteiger partial charge on any atom is -0.406 e. The van der Waals surface area contributed by atoms with Gasteiger partial charge in [0, 0.05) is 5.56 Å². The van der Waals surface area contributed by atoms with E-state index in [0.29, 0.717) is 0 Å². The molecule has 0 spiro atoms. The van der Waals surface area contributed by atoms with Crippen LogP contribution in [0.15, 0.2) is 53.4 Å². The Balaban J connectivity index is 2.10. The maximum absolute atomic E-state index is 13.5. The third-order valence-electron chi connectivity index (χ3n) is 2.94. The van der Waals surface area contributed by atoms with E-state index in [2.05, 4.69) is 4.74 Å². The molecule has 0 bridgehead atoms. The molecule has 0 fully saturated rings. The monoisotopic (exact) mass is 377 g/mol. The molecule has 2 aromatic carbocycles. The predicted octanol–water partition coefficient (Wildman–Crippen LogP) is 2.89. The molecule has 0 atom stereocenters. The van der Waals surface area contributed by atoms with Crippen LogP contribution in [-0.4, -0.2) is 27.1 Å². The molecule has 134 valence electrons. The molecule has 0 heterocycles.